The fourth-order valence-electron chi connectivity index (χ4n) is 3.33. The average molecular weight is 327 g/mol. The largest absolute Gasteiger partial charge is 0.493 e. The number of aromatic nitrogens is 2. The van der Waals surface area contributed by atoms with Gasteiger partial charge in [-0.1, -0.05) is 26.0 Å². The summed E-state index contributed by atoms with van der Waals surface area (Å²) < 4.78 is 7.80. The fourth-order valence-corrected chi connectivity index (χ4v) is 3.33. The Labute approximate surface area is 143 Å². The number of benzene rings is 1. The number of fused-ring (bicyclic) bond motifs is 1. The third kappa shape index (κ3) is 2.90. The van der Waals surface area contributed by atoms with Crippen LogP contribution in [0.5, 0.6) is 5.75 Å². The number of nitrogens with zero attached hydrogens (tertiary/aromatic N) is 3. The van der Waals surface area contributed by atoms with Gasteiger partial charge in [0.15, 0.2) is 0 Å². The highest BCUT2D eigenvalue weighted by atomic mass is 16.5. The van der Waals surface area contributed by atoms with Crippen LogP contribution in [0.25, 0.3) is 0 Å². The first-order valence-electron chi connectivity index (χ1n) is 8.58. The molecule has 1 amide bonds. The van der Waals surface area contributed by atoms with Gasteiger partial charge in [-0.2, -0.15) is 0 Å². The second-order valence-corrected chi connectivity index (χ2v) is 6.48. The average Bonchev–Trinajstić information content (AvgIpc) is 2.92. The number of hydrogen-bond donors (Lipinski definition) is 0. The molecule has 0 fully saturated rings. The van der Waals surface area contributed by atoms with Crippen LogP contribution in [0.2, 0.25) is 0 Å². The minimum absolute atomic E-state index is 0.0152. The van der Waals surface area contributed by atoms with Crippen LogP contribution in [0.1, 0.15) is 54.3 Å². The van der Waals surface area contributed by atoms with E-state index < -0.39 is 0 Å². The number of carbonyl (C=O) groups is 1. The van der Waals surface area contributed by atoms with E-state index in [1.54, 1.807) is 0 Å². The summed E-state index contributed by atoms with van der Waals surface area (Å²) in [4.78, 5) is 19.6. The molecule has 5 heteroatoms. The van der Waals surface area contributed by atoms with Crippen molar-refractivity contribution < 1.29 is 9.53 Å². The molecule has 0 aliphatic carbocycles. The summed E-state index contributed by atoms with van der Waals surface area (Å²) in [6, 6.07) is 7.46. The van der Waals surface area contributed by atoms with E-state index in [4.69, 9.17) is 9.72 Å². The van der Waals surface area contributed by atoms with Crippen molar-refractivity contribution >= 4 is 5.91 Å². The van der Waals surface area contributed by atoms with Gasteiger partial charge in [0.1, 0.15) is 11.6 Å². The lowest BCUT2D eigenvalue weighted by Gasteiger charge is -2.27. The highest BCUT2D eigenvalue weighted by Crippen LogP contribution is 2.26. The Morgan fingerprint density at radius 1 is 1.33 bits per heavy atom. The molecule has 0 N–H and O–H groups in total. The van der Waals surface area contributed by atoms with E-state index in [2.05, 4.69) is 25.5 Å². The van der Waals surface area contributed by atoms with Crippen molar-refractivity contribution in [3.05, 3.63) is 47.0 Å². The van der Waals surface area contributed by atoms with Crippen molar-refractivity contribution in [3.63, 3.8) is 0 Å². The maximum absolute atomic E-state index is 12.9. The van der Waals surface area contributed by atoms with Gasteiger partial charge in [-0.15, -0.1) is 0 Å². The molecule has 1 aromatic carbocycles. The number of hydrogen-bond acceptors (Lipinski definition) is 3. The number of amides is 1. The van der Waals surface area contributed by atoms with Crippen LogP contribution in [0.15, 0.2) is 24.3 Å². The summed E-state index contributed by atoms with van der Waals surface area (Å²) in [5.41, 5.74) is 2.90. The SMILES string of the molecule is CCOc1ccccc1C(=O)N1CCc2c(nc(C(C)C)n2C)C1. The van der Waals surface area contributed by atoms with Crippen LogP contribution in [-0.2, 0) is 20.0 Å². The molecule has 0 spiro atoms. The highest BCUT2D eigenvalue weighted by Gasteiger charge is 2.28. The lowest BCUT2D eigenvalue weighted by atomic mass is 10.1. The maximum atomic E-state index is 12.9. The van der Waals surface area contributed by atoms with Gasteiger partial charge in [0.2, 0.25) is 0 Å². The molecule has 24 heavy (non-hydrogen) atoms. The second kappa shape index (κ2) is 6.67. The van der Waals surface area contributed by atoms with E-state index in [1.807, 2.05) is 36.1 Å². The number of ether oxygens (including phenoxy) is 1. The number of para-hydroxylation sites is 1. The van der Waals surface area contributed by atoms with Crippen LogP contribution in [0.4, 0.5) is 0 Å². The van der Waals surface area contributed by atoms with Gasteiger partial charge < -0.3 is 14.2 Å². The summed E-state index contributed by atoms with van der Waals surface area (Å²) in [5.74, 6) is 2.13. The van der Waals surface area contributed by atoms with E-state index in [9.17, 15) is 4.79 Å². The molecule has 1 aliphatic heterocycles. The molecule has 128 valence electrons. The molecule has 1 aromatic heterocycles. The lowest BCUT2D eigenvalue weighted by molar-refractivity contribution is 0.0727. The zero-order chi connectivity index (χ0) is 17.3. The second-order valence-electron chi connectivity index (χ2n) is 6.48. The van der Waals surface area contributed by atoms with Crippen molar-refractivity contribution in [3.8, 4) is 5.75 Å². The summed E-state index contributed by atoms with van der Waals surface area (Å²) in [6.07, 6.45) is 0.841. The Morgan fingerprint density at radius 2 is 2.08 bits per heavy atom. The molecule has 2 aromatic rings. The van der Waals surface area contributed by atoms with Gasteiger partial charge in [-0.3, -0.25) is 4.79 Å². The van der Waals surface area contributed by atoms with Crippen molar-refractivity contribution in [1.82, 2.24) is 14.5 Å². The first-order chi connectivity index (χ1) is 11.5. The molecule has 0 bridgehead atoms. The molecule has 0 saturated carbocycles. The molecular weight excluding hydrogens is 302 g/mol. The summed E-state index contributed by atoms with van der Waals surface area (Å²) in [5, 5.41) is 0. The van der Waals surface area contributed by atoms with E-state index in [0.29, 0.717) is 36.9 Å². The first-order valence-corrected chi connectivity index (χ1v) is 8.58. The Bertz CT molecular complexity index is 749. The summed E-state index contributed by atoms with van der Waals surface area (Å²) >= 11 is 0. The van der Waals surface area contributed by atoms with E-state index in [0.717, 1.165) is 17.9 Å². The van der Waals surface area contributed by atoms with Crippen LogP contribution in [0, 0.1) is 0 Å². The highest BCUT2D eigenvalue weighted by molar-refractivity contribution is 5.97. The molecule has 1 aliphatic rings. The Balaban J connectivity index is 1.85. The van der Waals surface area contributed by atoms with Crippen LogP contribution < -0.4 is 4.74 Å². The Morgan fingerprint density at radius 3 is 2.79 bits per heavy atom. The minimum Gasteiger partial charge on any atom is -0.493 e. The lowest BCUT2D eigenvalue weighted by Crippen LogP contribution is -2.36. The van der Waals surface area contributed by atoms with E-state index in [-0.39, 0.29) is 5.91 Å². The Kier molecular flexibility index (Phi) is 4.60. The third-order valence-corrected chi connectivity index (χ3v) is 4.51. The Hall–Kier alpha value is -2.30. The standard InChI is InChI=1S/C19H25N3O2/c1-5-24-17-9-7-6-8-14(17)19(23)22-11-10-16-15(12-22)20-18(13(2)3)21(16)4/h6-9,13H,5,10-12H2,1-4H3. The van der Waals surface area contributed by atoms with Crippen molar-refractivity contribution in [1.29, 1.82) is 0 Å². The van der Waals surface area contributed by atoms with Gasteiger partial charge in [0.05, 0.1) is 24.4 Å². The van der Waals surface area contributed by atoms with Gasteiger partial charge >= 0.3 is 0 Å². The normalized spacial score (nSPS) is 14.0. The van der Waals surface area contributed by atoms with E-state index >= 15 is 0 Å². The monoisotopic (exact) mass is 327 g/mol. The van der Waals surface area contributed by atoms with Gasteiger partial charge in [-0.05, 0) is 19.1 Å². The zero-order valence-corrected chi connectivity index (χ0v) is 14.9. The number of rotatable bonds is 4. The quantitative estimate of drug-likeness (QED) is 0.867. The molecule has 0 saturated heterocycles. The molecule has 5 nitrogen and oxygen atoms in total. The molecular formula is C19H25N3O2. The van der Waals surface area contributed by atoms with Crippen molar-refractivity contribution in [2.45, 2.75) is 39.7 Å². The molecule has 0 atom stereocenters. The number of carbonyl (C=O) groups excluding carboxylic acids is 1. The summed E-state index contributed by atoms with van der Waals surface area (Å²) in [7, 11) is 2.07. The summed E-state index contributed by atoms with van der Waals surface area (Å²) in [6.45, 7) is 8.05. The van der Waals surface area contributed by atoms with Gasteiger partial charge in [0.25, 0.3) is 5.91 Å². The van der Waals surface area contributed by atoms with Crippen molar-refractivity contribution in [2.24, 2.45) is 7.05 Å². The number of imidazole rings is 1. The van der Waals surface area contributed by atoms with Gasteiger partial charge in [0, 0.05) is 31.6 Å². The fraction of sp³-hybridized carbons (Fsp3) is 0.474. The minimum atomic E-state index is 0.0152. The van der Waals surface area contributed by atoms with Crippen molar-refractivity contribution in [2.75, 3.05) is 13.2 Å². The first kappa shape index (κ1) is 16.6. The van der Waals surface area contributed by atoms with E-state index in [1.165, 1.54) is 5.69 Å². The predicted octanol–water partition coefficient (Wildman–Crippen LogP) is 3.14. The molecule has 3 rings (SSSR count). The topological polar surface area (TPSA) is 47.4 Å². The molecule has 0 radical (unpaired) electrons. The third-order valence-electron chi connectivity index (χ3n) is 4.51. The predicted molar refractivity (Wildman–Crippen MR) is 93.4 cm³/mol. The van der Waals surface area contributed by atoms with Crippen LogP contribution >= 0.6 is 0 Å². The maximum Gasteiger partial charge on any atom is 0.257 e. The van der Waals surface area contributed by atoms with Crippen LogP contribution in [0.3, 0.4) is 0 Å². The molecule has 0 unspecified atom stereocenters. The molecule has 2 heterocycles. The van der Waals surface area contributed by atoms with Crippen LogP contribution in [-0.4, -0.2) is 33.5 Å². The zero-order valence-electron chi connectivity index (χ0n) is 14.9. The smallest absolute Gasteiger partial charge is 0.257 e. The van der Waals surface area contributed by atoms with Gasteiger partial charge in [-0.25, -0.2) is 4.98 Å².